The predicted molar refractivity (Wildman–Crippen MR) is 47.6 cm³/mol. The molecular formula is C8H15NO6. The van der Waals surface area contributed by atoms with Gasteiger partial charge in [0, 0.05) is 13.5 Å². The lowest BCUT2D eigenvalue weighted by Gasteiger charge is -2.38. The Balaban J connectivity index is 2.54. The zero-order valence-electron chi connectivity index (χ0n) is 8.20. The van der Waals surface area contributed by atoms with Crippen molar-refractivity contribution in [3.05, 3.63) is 0 Å². The Labute approximate surface area is 86.3 Å². The standard InChI is InChI=1S/C8H15NO6/c1-3(10)9-2-4-5(11)6(12)7(13)8(14)15-4/h4-8,11-14H,2H2,1H3,(H,9,10)/t4-,5+,6-,7+,8-/m0/s1. The Morgan fingerprint density at radius 3 is 2.33 bits per heavy atom. The van der Waals surface area contributed by atoms with E-state index in [-0.39, 0.29) is 12.5 Å². The summed E-state index contributed by atoms with van der Waals surface area (Å²) in [5.41, 5.74) is 0. The number of aliphatic hydroxyl groups excluding tert-OH is 4. The van der Waals surface area contributed by atoms with Crippen molar-refractivity contribution in [2.45, 2.75) is 37.6 Å². The molecule has 0 aliphatic carbocycles. The minimum Gasteiger partial charge on any atom is -0.388 e. The number of amides is 1. The molecule has 5 N–H and O–H groups in total. The fourth-order valence-corrected chi connectivity index (χ4v) is 1.34. The fourth-order valence-electron chi connectivity index (χ4n) is 1.34. The summed E-state index contributed by atoms with van der Waals surface area (Å²) >= 11 is 0. The maximum absolute atomic E-state index is 10.6. The SMILES string of the molecule is CC(=O)NC[C@@H]1O[C@H](O)[C@H](O)[C@@H](O)[C@@H]1O. The van der Waals surface area contributed by atoms with E-state index < -0.39 is 30.7 Å². The van der Waals surface area contributed by atoms with Gasteiger partial charge in [-0.3, -0.25) is 4.79 Å². The first-order chi connectivity index (χ1) is 6.93. The summed E-state index contributed by atoms with van der Waals surface area (Å²) in [5, 5.41) is 39.4. The number of rotatable bonds is 2. The van der Waals surface area contributed by atoms with Gasteiger partial charge in [-0.15, -0.1) is 0 Å². The van der Waals surface area contributed by atoms with Crippen LogP contribution in [0.15, 0.2) is 0 Å². The maximum atomic E-state index is 10.6. The number of hydrogen-bond acceptors (Lipinski definition) is 6. The monoisotopic (exact) mass is 221 g/mol. The molecule has 0 aromatic carbocycles. The van der Waals surface area contributed by atoms with Crippen LogP contribution in [0.1, 0.15) is 6.92 Å². The molecule has 1 aliphatic heterocycles. The third-order valence-electron chi connectivity index (χ3n) is 2.24. The van der Waals surface area contributed by atoms with E-state index in [2.05, 4.69) is 5.32 Å². The first kappa shape index (κ1) is 12.3. The molecule has 15 heavy (non-hydrogen) atoms. The molecule has 1 saturated heterocycles. The van der Waals surface area contributed by atoms with E-state index in [9.17, 15) is 15.0 Å². The van der Waals surface area contributed by atoms with Crippen LogP contribution in [0.2, 0.25) is 0 Å². The van der Waals surface area contributed by atoms with Gasteiger partial charge in [-0.05, 0) is 0 Å². The Morgan fingerprint density at radius 1 is 1.20 bits per heavy atom. The van der Waals surface area contributed by atoms with Crippen LogP contribution in [-0.4, -0.2) is 63.6 Å². The second-order valence-electron chi connectivity index (χ2n) is 3.47. The van der Waals surface area contributed by atoms with Gasteiger partial charge in [0.25, 0.3) is 0 Å². The molecule has 0 aromatic heterocycles. The van der Waals surface area contributed by atoms with Gasteiger partial charge >= 0.3 is 0 Å². The van der Waals surface area contributed by atoms with E-state index in [4.69, 9.17) is 14.9 Å². The minimum atomic E-state index is -1.57. The number of carbonyl (C=O) groups excluding carboxylic acids is 1. The lowest BCUT2D eigenvalue weighted by molar-refractivity contribution is -0.280. The third kappa shape index (κ3) is 2.86. The zero-order chi connectivity index (χ0) is 11.6. The predicted octanol–water partition coefficient (Wildman–Crippen LogP) is -3.08. The van der Waals surface area contributed by atoms with Crippen LogP contribution >= 0.6 is 0 Å². The Bertz CT molecular complexity index is 235. The summed E-state index contributed by atoms with van der Waals surface area (Å²) in [6.07, 6.45) is -6.90. The van der Waals surface area contributed by atoms with Crippen LogP contribution < -0.4 is 5.32 Å². The van der Waals surface area contributed by atoms with Crippen molar-refractivity contribution in [3.63, 3.8) is 0 Å². The summed E-state index contributed by atoms with van der Waals surface area (Å²) in [5.74, 6) is -0.319. The van der Waals surface area contributed by atoms with Crippen molar-refractivity contribution in [3.8, 4) is 0 Å². The molecule has 1 rings (SSSR count). The lowest BCUT2D eigenvalue weighted by Crippen LogP contribution is -2.59. The quantitative estimate of drug-likeness (QED) is 0.337. The molecule has 88 valence electrons. The molecule has 0 aromatic rings. The molecule has 0 unspecified atom stereocenters. The number of nitrogens with one attached hydrogen (secondary N) is 1. The first-order valence-electron chi connectivity index (χ1n) is 4.55. The second kappa shape index (κ2) is 4.86. The van der Waals surface area contributed by atoms with Crippen LogP contribution in [0, 0.1) is 0 Å². The molecule has 0 spiro atoms. The fraction of sp³-hybridized carbons (Fsp3) is 0.875. The van der Waals surface area contributed by atoms with Gasteiger partial charge in [0.15, 0.2) is 6.29 Å². The molecular weight excluding hydrogens is 206 g/mol. The van der Waals surface area contributed by atoms with Gasteiger partial charge in [0.2, 0.25) is 5.91 Å². The number of carbonyl (C=O) groups is 1. The van der Waals surface area contributed by atoms with E-state index in [0.717, 1.165) is 0 Å². The van der Waals surface area contributed by atoms with Crippen molar-refractivity contribution in [2.75, 3.05) is 6.54 Å². The van der Waals surface area contributed by atoms with E-state index in [0.29, 0.717) is 0 Å². The topological polar surface area (TPSA) is 119 Å². The Morgan fingerprint density at radius 2 is 1.80 bits per heavy atom. The smallest absolute Gasteiger partial charge is 0.216 e. The summed E-state index contributed by atoms with van der Waals surface area (Å²) in [6.45, 7) is 1.24. The molecule has 5 atom stereocenters. The van der Waals surface area contributed by atoms with Gasteiger partial charge in [-0.2, -0.15) is 0 Å². The maximum Gasteiger partial charge on any atom is 0.216 e. The Hall–Kier alpha value is -0.730. The van der Waals surface area contributed by atoms with Crippen molar-refractivity contribution >= 4 is 5.91 Å². The highest BCUT2D eigenvalue weighted by molar-refractivity contribution is 5.72. The molecule has 1 heterocycles. The molecule has 0 radical (unpaired) electrons. The summed E-state index contributed by atoms with van der Waals surface area (Å²) in [7, 11) is 0. The van der Waals surface area contributed by atoms with Gasteiger partial charge in [0.05, 0.1) is 0 Å². The largest absolute Gasteiger partial charge is 0.388 e. The normalized spacial score (nSPS) is 41.3. The molecule has 1 aliphatic rings. The molecule has 7 heteroatoms. The van der Waals surface area contributed by atoms with Crippen molar-refractivity contribution in [2.24, 2.45) is 0 Å². The highest BCUT2D eigenvalue weighted by atomic mass is 16.6. The van der Waals surface area contributed by atoms with Crippen LogP contribution in [-0.2, 0) is 9.53 Å². The molecule has 7 nitrogen and oxygen atoms in total. The van der Waals surface area contributed by atoms with E-state index in [1.807, 2.05) is 0 Å². The average Bonchev–Trinajstić information content (AvgIpc) is 2.18. The van der Waals surface area contributed by atoms with Crippen molar-refractivity contribution in [1.29, 1.82) is 0 Å². The summed E-state index contributed by atoms with van der Waals surface area (Å²) < 4.78 is 4.81. The van der Waals surface area contributed by atoms with Crippen LogP contribution in [0.3, 0.4) is 0 Å². The second-order valence-corrected chi connectivity index (χ2v) is 3.47. The zero-order valence-corrected chi connectivity index (χ0v) is 8.20. The number of ether oxygens (including phenoxy) is 1. The first-order valence-corrected chi connectivity index (χ1v) is 4.55. The third-order valence-corrected chi connectivity index (χ3v) is 2.24. The highest BCUT2D eigenvalue weighted by Gasteiger charge is 2.42. The van der Waals surface area contributed by atoms with Gasteiger partial charge in [-0.1, -0.05) is 0 Å². The van der Waals surface area contributed by atoms with Crippen LogP contribution in [0.25, 0.3) is 0 Å². The summed E-state index contributed by atoms with van der Waals surface area (Å²) in [6, 6.07) is 0. The molecule has 0 bridgehead atoms. The van der Waals surface area contributed by atoms with Gasteiger partial charge in [0.1, 0.15) is 24.4 Å². The summed E-state index contributed by atoms with van der Waals surface area (Å²) in [4.78, 5) is 10.6. The van der Waals surface area contributed by atoms with Crippen LogP contribution in [0.5, 0.6) is 0 Å². The molecule has 1 fully saturated rings. The van der Waals surface area contributed by atoms with E-state index in [1.54, 1.807) is 0 Å². The van der Waals surface area contributed by atoms with E-state index in [1.165, 1.54) is 6.92 Å². The lowest BCUT2D eigenvalue weighted by atomic mass is 9.99. The van der Waals surface area contributed by atoms with E-state index >= 15 is 0 Å². The average molecular weight is 221 g/mol. The van der Waals surface area contributed by atoms with Crippen molar-refractivity contribution in [1.82, 2.24) is 5.32 Å². The number of aliphatic hydroxyl groups is 4. The number of hydrogen-bond donors (Lipinski definition) is 5. The molecule has 1 amide bonds. The van der Waals surface area contributed by atoms with Gasteiger partial charge in [-0.25, -0.2) is 0 Å². The minimum absolute atomic E-state index is 0.0443. The van der Waals surface area contributed by atoms with Gasteiger partial charge < -0.3 is 30.5 Å². The Kier molecular flexibility index (Phi) is 4.00. The molecule has 0 saturated carbocycles. The highest BCUT2D eigenvalue weighted by Crippen LogP contribution is 2.19. The van der Waals surface area contributed by atoms with Crippen molar-refractivity contribution < 1.29 is 30.0 Å². The van der Waals surface area contributed by atoms with Crippen LogP contribution in [0.4, 0.5) is 0 Å².